The molecule has 0 saturated heterocycles. The van der Waals surface area contributed by atoms with Gasteiger partial charge < -0.3 is 9.84 Å². The molecular weight excluding hydrogens is 353 g/mol. The fourth-order valence-electron chi connectivity index (χ4n) is 3.21. The Balaban J connectivity index is 2.55. The van der Waals surface area contributed by atoms with Gasteiger partial charge in [-0.25, -0.2) is 0 Å². The molecule has 2 rings (SSSR count). The maximum Gasteiger partial charge on any atom is 0.419 e. The van der Waals surface area contributed by atoms with Crippen LogP contribution in [-0.4, -0.2) is 23.5 Å². The predicted octanol–water partition coefficient (Wildman–Crippen LogP) is 6.22. The van der Waals surface area contributed by atoms with Gasteiger partial charge in [0.05, 0.1) is 12.2 Å². The molecule has 5 heteroatoms. The van der Waals surface area contributed by atoms with E-state index in [0.717, 1.165) is 34.4 Å². The summed E-state index contributed by atoms with van der Waals surface area (Å²) >= 11 is 0. The molecule has 0 saturated carbocycles. The molecule has 1 atom stereocenters. The van der Waals surface area contributed by atoms with E-state index >= 15 is 0 Å². The van der Waals surface area contributed by atoms with Crippen LogP contribution in [0.1, 0.15) is 51.7 Å². The van der Waals surface area contributed by atoms with Gasteiger partial charge in [-0.05, 0) is 54.7 Å². The molecule has 2 aromatic rings. The van der Waals surface area contributed by atoms with Crippen molar-refractivity contribution < 1.29 is 23.0 Å². The Morgan fingerprint density at radius 2 is 1.74 bits per heavy atom. The van der Waals surface area contributed by atoms with E-state index in [0.29, 0.717) is 12.8 Å². The number of aliphatic hydroxyl groups is 1. The molecule has 1 N–H and O–H groups in total. The van der Waals surface area contributed by atoms with Crippen molar-refractivity contribution in [2.45, 2.75) is 57.9 Å². The van der Waals surface area contributed by atoms with Gasteiger partial charge in [0.1, 0.15) is 0 Å². The highest BCUT2D eigenvalue weighted by Crippen LogP contribution is 2.40. The Morgan fingerprint density at radius 1 is 1.11 bits per heavy atom. The van der Waals surface area contributed by atoms with Gasteiger partial charge in [-0.1, -0.05) is 56.3 Å². The molecule has 0 spiro atoms. The number of fused-ring (bicyclic) bond motifs is 1. The van der Waals surface area contributed by atoms with Gasteiger partial charge >= 0.3 is 6.18 Å². The summed E-state index contributed by atoms with van der Waals surface area (Å²) in [5, 5.41) is 11.7. The van der Waals surface area contributed by atoms with Crippen LogP contribution in [0, 0.1) is 0 Å². The zero-order valence-electron chi connectivity index (χ0n) is 16.3. The van der Waals surface area contributed by atoms with E-state index in [1.165, 1.54) is 0 Å². The van der Waals surface area contributed by atoms with E-state index in [1.807, 2.05) is 57.2 Å². The lowest BCUT2D eigenvalue weighted by Gasteiger charge is -2.37. The van der Waals surface area contributed by atoms with Crippen LogP contribution in [0.15, 0.2) is 43.0 Å². The lowest BCUT2D eigenvalue weighted by molar-refractivity contribution is -0.278. The van der Waals surface area contributed by atoms with Crippen LogP contribution in [-0.2, 0) is 10.3 Å². The third kappa shape index (κ3) is 4.19. The van der Waals surface area contributed by atoms with Gasteiger partial charge in [-0.15, -0.1) is 0 Å². The molecule has 0 aliphatic rings. The lowest BCUT2D eigenvalue weighted by Crippen LogP contribution is -2.48. The monoisotopic (exact) mass is 380 g/mol. The van der Waals surface area contributed by atoms with Gasteiger partial charge in [0, 0.05) is 0 Å². The number of allylic oxidation sites excluding steroid dienone is 1. The number of benzene rings is 2. The summed E-state index contributed by atoms with van der Waals surface area (Å²) in [6.07, 6.45) is -3.80. The Morgan fingerprint density at radius 3 is 2.26 bits per heavy atom. The third-order valence-electron chi connectivity index (χ3n) is 5.25. The van der Waals surface area contributed by atoms with Gasteiger partial charge in [0.25, 0.3) is 0 Å². The quantitative estimate of drug-likeness (QED) is 0.618. The Labute approximate surface area is 158 Å². The number of hydrogen-bond donors (Lipinski definition) is 1. The molecule has 0 bridgehead atoms. The van der Waals surface area contributed by atoms with Crippen LogP contribution in [0.4, 0.5) is 13.2 Å². The van der Waals surface area contributed by atoms with Gasteiger partial charge in [-0.3, -0.25) is 0 Å². The SMILES string of the molecule is C=C(C)c1ccc2cccc(C(CC)(CC)OCC(C)(O)C(F)(F)F)c2c1. The zero-order valence-corrected chi connectivity index (χ0v) is 16.3. The van der Waals surface area contributed by atoms with Crippen LogP contribution in [0.3, 0.4) is 0 Å². The zero-order chi connectivity index (χ0) is 20.5. The summed E-state index contributed by atoms with van der Waals surface area (Å²) < 4.78 is 45.0. The van der Waals surface area contributed by atoms with Gasteiger partial charge in [0.15, 0.2) is 5.60 Å². The summed E-state index contributed by atoms with van der Waals surface area (Å²) in [6, 6.07) is 11.7. The number of hydrogen-bond acceptors (Lipinski definition) is 2. The number of alkyl halides is 3. The van der Waals surface area contributed by atoms with Crippen LogP contribution in [0.25, 0.3) is 16.3 Å². The summed E-state index contributed by atoms with van der Waals surface area (Å²) in [5.41, 5.74) is -1.13. The van der Waals surface area contributed by atoms with Crippen LogP contribution in [0.2, 0.25) is 0 Å². The maximum atomic E-state index is 13.1. The van der Waals surface area contributed by atoms with Gasteiger partial charge in [0.2, 0.25) is 0 Å². The minimum atomic E-state index is -4.76. The lowest BCUT2D eigenvalue weighted by atomic mass is 9.84. The molecule has 0 radical (unpaired) electrons. The van der Waals surface area contributed by atoms with E-state index in [-0.39, 0.29) is 0 Å². The molecule has 2 nitrogen and oxygen atoms in total. The number of rotatable bonds is 7. The normalized spacial score (nSPS) is 15.0. The second kappa shape index (κ2) is 7.64. The van der Waals surface area contributed by atoms with Crippen molar-refractivity contribution in [3.63, 3.8) is 0 Å². The maximum absolute atomic E-state index is 13.1. The molecule has 148 valence electrons. The Kier molecular flexibility index (Phi) is 6.07. The number of ether oxygens (including phenoxy) is 1. The van der Waals surface area contributed by atoms with Crippen molar-refractivity contribution in [3.8, 4) is 0 Å². The summed E-state index contributed by atoms with van der Waals surface area (Å²) in [5.74, 6) is 0. The average Bonchev–Trinajstić information content (AvgIpc) is 2.61. The average molecular weight is 380 g/mol. The fraction of sp³-hybridized carbons (Fsp3) is 0.455. The topological polar surface area (TPSA) is 29.5 Å². The molecule has 2 aromatic carbocycles. The molecule has 0 aromatic heterocycles. The highest BCUT2D eigenvalue weighted by Gasteiger charge is 2.51. The number of halogens is 3. The van der Waals surface area contributed by atoms with Gasteiger partial charge in [-0.2, -0.15) is 13.2 Å². The van der Waals surface area contributed by atoms with Crippen molar-refractivity contribution in [1.29, 1.82) is 0 Å². The van der Waals surface area contributed by atoms with Crippen LogP contribution in [0.5, 0.6) is 0 Å². The minimum Gasteiger partial charge on any atom is -0.379 e. The van der Waals surface area contributed by atoms with E-state index in [2.05, 4.69) is 6.58 Å². The first kappa shape index (κ1) is 21.5. The van der Waals surface area contributed by atoms with Crippen molar-refractivity contribution in [1.82, 2.24) is 0 Å². The highest BCUT2D eigenvalue weighted by atomic mass is 19.4. The van der Waals surface area contributed by atoms with Crippen molar-refractivity contribution >= 4 is 16.3 Å². The van der Waals surface area contributed by atoms with E-state index in [4.69, 9.17) is 4.74 Å². The molecule has 0 fully saturated rings. The van der Waals surface area contributed by atoms with E-state index in [1.54, 1.807) is 0 Å². The van der Waals surface area contributed by atoms with Crippen LogP contribution >= 0.6 is 0 Å². The first-order valence-corrected chi connectivity index (χ1v) is 9.09. The summed E-state index contributed by atoms with van der Waals surface area (Å²) in [4.78, 5) is 0. The van der Waals surface area contributed by atoms with E-state index in [9.17, 15) is 18.3 Å². The third-order valence-corrected chi connectivity index (χ3v) is 5.25. The fourth-order valence-corrected chi connectivity index (χ4v) is 3.21. The minimum absolute atomic E-state index is 0.480. The Bertz CT molecular complexity index is 818. The molecule has 1 unspecified atom stereocenters. The summed E-state index contributed by atoms with van der Waals surface area (Å²) in [6.45, 7) is 9.56. The molecule has 0 aliphatic heterocycles. The summed E-state index contributed by atoms with van der Waals surface area (Å²) in [7, 11) is 0. The van der Waals surface area contributed by atoms with Crippen LogP contribution < -0.4 is 0 Å². The molecular formula is C22H27F3O2. The van der Waals surface area contributed by atoms with Crippen molar-refractivity contribution in [3.05, 3.63) is 54.1 Å². The van der Waals surface area contributed by atoms with Crippen molar-refractivity contribution in [2.75, 3.05) is 6.61 Å². The highest BCUT2D eigenvalue weighted by molar-refractivity contribution is 5.89. The second-order valence-electron chi connectivity index (χ2n) is 7.28. The molecule has 0 heterocycles. The molecule has 0 amide bonds. The second-order valence-corrected chi connectivity index (χ2v) is 7.28. The molecule has 27 heavy (non-hydrogen) atoms. The van der Waals surface area contributed by atoms with E-state index < -0.39 is 24.0 Å². The molecule has 0 aliphatic carbocycles. The standard InChI is InChI=1S/C22H27F3O2/c1-6-21(7-2,27-14-20(5,26)22(23,24)25)19-10-8-9-16-11-12-17(15(3)4)13-18(16)19/h8-13,26H,3,6-7,14H2,1-2,4-5H3. The van der Waals surface area contributed by atoms with Crippen molar-refractivity contribution in [2.24, 2.45) is 0 Å². The Hall–Kier alpha value is -1.85. The first-order valence-electron chi connectivity index (χ1n) is 9.09. The largest absolute Gasteiger partial charge is 0.419 e. The first-order chi connectivity index (χ1) is 12.5. The smallest absolute Gasteiger partial charge is 0.379 e. The predicted molar refractivity (Wildman–Crippen MR) is 104 cm³/mol.